The van der Waals surface area contributed by atoms with E-state index in [9.17, 15) is 4.79 Å². The molecule has 4 rings (SSSR count). The van der Waals surface area contributed by atoms with Crippen molar-refractivity contribution in [3.8, 4) is 0 Å². The molecule has 0 spiro atoms. The second-order valence-electron chi connectivity index (χ2n) is 5.86. The summed E-state index contributed by atoms with van der Waals surface area (Å²) < 4.78 is 2.45. The zero-order valence-electron chi connectivity index (χ0n) is 12.7. The summed E-state index contributed by atoms with van der Waals surface area (Å²) in [6.45, 7) is 3.95. The van der Waals surface area contributed by atoms with Crippen molar-refractivity contribution < 1.29 is 0 Å². The van der Waals surface area contributed by atoms with Crippen molar-refractivity contribution in [2.75, 3.05) is 6.54 Å². The van der Waals surface area contributed by atoms with Crippen molar-refractivity contribution >= 4 is 32.9 Å². The highest BCUT2D eigenvalue weighted by Crippen LogP contribution is 2.33. The molecule has 0 aliphatic carbocycles. The zero-order valence-corrected chi connectivity index (χ0v) is 15.1. The van der Waals surface area contributed by atoms with Gasteiger partial charge in [0.1, 0.15) is 5.65 Å². The third-order valence-electron chi connectivity index (χ3n) is 4.45. The molecule has 3 aromatic rings. The normalized spacial score (nSPS) is 18.3. The first kappa shape index (κ1) is 15.1. The SMILES string of the molecule is C[C@@H]1c2ccsc2CCN1Cc1cc(=O)n2cc(Br)ccc2n1. The summed E-state index contributed by atoms with van der Waals surface area (Å²) >= 11 is 5.23. The molecule has 0 bridgehead atoms. The molecule has 0 radical (unpaired) electrons. The van der Waals surface area contributed by atoms with Crippen LogP contribution in [0.25, 0.3) is 5.65 Å². The Labute approximate surface area is 146 Å². The number of thiophene rings is 1. The van der Waals surface area contributed by atoms with Crippen LogP contribution in [0.1, 0.15) is 29.1 Å². The first-order chi connectivity index (χ1) is 11.1. The van der Waals surface area contributed by atoms with Gasteiger partial charge in [-0.2, -0.15) is 0 Å². The van der Waals surface area contributed by atoms with Crippen molar-refractivity contribution in [1.82, 2.24) is 14.3 Å². The monoisotopic (exact) mass is 389 g/mol. The van der Waals surface area contributed by atoms with Crippen LogP contribution in [0.2, 0.25) is 0 Å². The molecule has 1 atom stereocenters. The smallest absolute Gasteiger partial charge is 0.258 e. The molecule has 23 heavy (non-hydrogen) atoms. The van der Waals surface area contributed by atoms with Crippen LogP contribution in [-0.2, 0) is 13.0 Å². The third kappa shape index (κ3) is 2.75. The van der Waals surface area contributed by atoms with Crippen molar-refractivity contribution in [1.29, 1.82) is 0 Å². The Morgan fingerprint density at radius 3 is 3.13 bits per heavy atom. The van der Waals surface area contributed by atoms with E-state index in [1.807, 2.05) is 23.5 Å². The molecule has 0 aromatic carbocycles. The van der Waals surface area contributed by atoms with Crippen LogP contribution in [0.3, 0.4) is 0 Å². The summed E-state index contributed by atoms with van der Waals surface area (Å²) in [4.78, 5) is 20.9. The Balaban J connectivity index is 1.66. The number of hydrogen-bond acceptors (Lipinski definition) is 4. The second kappa shape index (κ2) is 5.85. The van der Waals surface area contributed by atoms with E-state index in [0.717, 1.165) is 23.1 Å². The Bertz CT molecular complexity index is 933. The summed E-state index contributed by atoms with van der Waals surface area (Å²) in [7, 11) is 0. The molecule has 0 amide bonds. The fraction of sp³-hybridized carbons (Fsp3) is 0.294. The molecule has 1 aliphatic rings. The predicted octanol–water partition coefficient (Wildman–Crippen LogP) is 3.64. The number of hydrogen-bond donors (Lipinski definition) is 0. The van der Waals surface area contributed by atoms with Gasteiger partial charge in [0, 0.05) is 40.7 Å². The molecule has 6 heteroatoms. The van der Waals surface area contributed by atoms with E-state index in [1.54, 1.807) is 16.7 Å². The van der Waals surface area contributed by atoms with Crippen LogP contribution in [0.4, 0.5) is 0 Å². The largest absolute Gasteiger partial charge is 0.290 e. The van der Waals surface area contributed by atoms with Crippen molar-refractivity contribution in [2.45, 2.75) is 25.9 Å². The fourth-order valence-corrected chi connectivity index (χ4v) is 4.49. The number of pyridine rings is 1. The van der Waals surface area contributed by atoms with Gasteiger partial charge in [-0.15, -0.1) is 11.3 Å². The number of fused-ring (bicyclic) bond motifs is 2. The van der Waals surface area contributed by atoms with E-state index in [1.165, 1.54) is 10.4 Å². The molecule has 1 aliphatic heterocycles. The lowest BCUT2D eigenvalue weighted by atomic mass is 10.0. The average molecular weight is 390 g/mol. The lowest BCUT2D eigenvalue weighted by Crippen LogP contribution is -2.33. The predicted molar refractivity (Wildman–Crippen MR) is 96.0 cm³/mol. The van der Waals surface area contributed by atoms with E-state index in [0.29, 0.717) is 18.2 Å². The van der Waals surface area contributed by atoms with Gasteiger partial charge in [-0.1, -0.05) is 0 Å². The first-order valence-electron chi connectivity index (χ1n) is 7.60. The van der Waals surface area contributed by atoms with Crippen molar-refractivity contribution in [3.05, 3.63) is 66.8 Å². The minimum absolute atomic E-state index is 0.0350. The molecule has 0 N–H and O–H groups in total. The van der Waals surface area contributed by atoms with Crippen molar-refractivity contribution in [3.63, 3.8) is 0 Å². The number of nitrogens with zero attached hydrogens (tertiary/aromatic N) is 3. The second-order valence-corrected chi connectivity index (χ2v) is 7.77. The van der Waals surface area contributed by atoms with Gasteiger partial charge >= 0.3 is 0 Å². The van der Waals surface area contributed by atoms with Crippen LogP contribution in [0.15, 0.2) is 45.1 Å². The molecular formula is C17H16BrN3OS. The molecule has 0 saturated heterocycles. The van der Waals surface area contributed by atoms with Crippen LogP contribution < -0.4 is 5.56 Å². The van der Waals surface area contributed by atoms with E-state index < -0.39 is 0 Å². The summed E-state index contributed by atoms with van der Waals surface area (Å²) in [5.74, 6) is 0. The highest BCUT2D eigenvalue weighted by molar-refractivity contribution is 9.10. The van der Waals surface area contributed by atoms with Gasteiger partial charge in [-0.25, -0.2) is 4.98 Å². The minimum atomic E-state index is -0.0350. The van der Waals surface area contributed by atoms with E-state index in [4.69, 9.17) is 0 Å². The maximum Gasteiger partial charge on any atom is 0.258 e. The first-order valence-corrected chi connectivity index (χ1v) is 9.27. The quantitative estimate of drug-likeness (QED) is 0.671. The van der Waals surface area contributed by atoms with Gasteiger partial charge in [-0.05, 0) is 58.4 Å². The Morgan fingerprint density at radius 1 is 1.39 bits per heavy atom. The minimum Gasteiger partial charge on any atom is -0.290 e. The lowest BCUT2D eigenvalue weighted by Gasteiger charge is -2.33. The van der Waals surface area contributed by atoms with Crippen LogP contribution in [-0.4, -0.2) is 20.8 Å². The number of rotatable bonds is 2. The highest BCUT2D eigenvalue weighted by atomic mass is 79.9. The van der Waals surface area contributed by atoms with Crippen LogP contribution >= 0.6 is 27.3 Å². The highest BCUT2D eigenvalue weighted by Gasteiger charge is 2.25. The Kier molecular flexibility index (Phi) is 3.83. The van der Waals surface area contributed by atoms with Gasteiger partial charge in [0.2, 0.25) is 0 Å². The average Bonchev–Trinajstić information content (AvgIpc) is 3.00. The van der Waals surface area contributed by atoms with Crippen LogP contribution in [0.5, 0.6) is 0 Å². The van der Waals surface area contributed by atoms with Gasteiger partial charge in [0.05, 0.1) is 5.69 Å². The molecule has 4 nitrogen and oxygen atoms in total. The van der Waals surface area contributed by atoms with Crippen LogP contribution in [0, 0.1) is 0 Å². The van der Waals surface area contributed by atoms with Gasteiger partial charge in [0.15, 0.2) is 0 Å². The van der Waals surface area contributed by atoms with E-state index >= 15 is 0 Å². The summed E-state index contributed by atoms with van der Waals surface area (Å²) in [6, 6.07) is 8.01. The standard InChI is InChI=1S/C17H16BrN3OS/c1-11-14-5-7-23-15(14)4-6-20(11)10-13-8-17(22)21-9-12(18)2-3-16(21)19-13/h2-3,5,7-9,11H,4,6,10H2,1H3/t11-/m1/s1. The van der Waals surface area contributed by atoms with Gasteiger partial charge in [-0.3, -0.25) is 14.1 Å². The molecule has 3 aromatic heterocycles. The zero-order chi connectivity index (χ0) is 16.0. The van der Waals surface area contributed by atoms with E-state index in [-0.39, 0.29) is 5.56 Å². The molecule has 0 unspecified atom stereocenters. The summed E-state index contributed by atoms with van der Waals surface area (Å²) in [5, 5.41) is 2.17. The van der Waals surface area contributed by atoms with Gasteiger partial charge < -0.3 is 0 Å². The van der Waals surface area contributed by atoms with Crippen molar-refractivity contribution in [2.24, 2.45) is 0 Å². The van der Waals surface area contributed by atoms with Gasteiger partial charge in [0.25, 0.3) is 5.56 Å². The maximum absolute atomic E-state index is 12.3. The van der Waals surface area contributed by atoms with E-state index in [2.05, 4.69) is 44.2 Å². The molecule has 0 saturated carbocycles. The number of aromatic nitrogens is 2. The Morgan fingerprint density at radius 2 is 2.26 bits per heavy atom. The molecule has 0 fully saturated rings. The molecular weight excluding hydrogens is 374 g/mol. The molecule has 4 heterocycles. The topological polar surface area (TPSA) is 37.6 Å². The maximum atomic E-state index is 12.3. The summed E-state index contributed by atoms with van der Waals surface area (Å²) in [5.41, 5.74) is 2.91. The third-order valence-corrected chi connectivity index (χ3v) is 5.91. The number of halogens is 1. The fourth-order valence-electron chi connectivity index (χ4n) is 3.19. The molecule has 118 valence electrons. The lowest BCUT2D eigenvalue weighted by molar-refractivity contribution is 0.189. The Hall–Kier alpha value is -1.50. The summed E-state index contributed by atoms with van der Waals surface area (Å²) in [6.07, 6.45) is 2.84.